The number of nitrogens with one attached hydrogen (secondary N) is 1. The largest absolute Gasteiger partial charge is 0.417 e. The lowest BCUT2D eigenvalue weighted by Crippen LogP contribution is -2.45. The van der Waals surface area contributed by atoms with E-state index in [4.69, 9.17) is 9.81 Å². The molecular weight excluding hydrogens is 341 g/mol. The van der Waals surface area contributed by atoms with E-state index in [0.29, 0.717) is 6.07 Å². The van der Waals surface area contributed by atoms with Crippen LogP contribution in [0.5, 0.6) is 0 Å². The van der Waals surface area contributed by atoms with Gasteiger partial charge in [-0.25, -0.2) is 0 Å². The number of benzene rings is 1. The lowest BCUT2D eigenvalue weighted by Gasteiger charge is -2.21. The van der Waals surface area contributed by atoms with E-state index in [9.17, 15) is 31.5 Å². The summed E-state index contributed by atoms with van der Waals surface area (Å²) in [5, 5.41) is 20.2. The second kappa shape index (κ2) is 6.15. The van der Waals surface area contributed by atoms with Gasteiger partial charge < -0.3 is 10.4 Å². The summed E-state index contributed by atoms with van der Waals surface area (Å²) in [6, 6.07) is 3.62. The Morgan fingerprint density at radius 3 is 2.39 bits per heavy atom. The Labute approximate surface area is 129 Å². The van der Waals surface area contributed by atoms with Gasteiger partial charge in [-0.05, 0) is 25.1 Å². The quantitative estimate of drug-likeness (QED) is 0.698. The monoisotopic (exact) mass is 352 g/mol. The van der Waals surface area contributed by atoms with Crippen molar-refractivity contribution < 1.29 is 36.0 Å². The van der Waals surface area contributed by atoms with Gasteiger partial charge in [0.1, 0.15) is 5.75 Å². The summed E-state index contributed by atoms with van der Waals surface area (Å²) in [6.45, 7) is 0.768. The minimum absolute atomic E-state index is 0.406. The van der Waals surface area contributed by atoms with Gasteiger partial charge in [0.15, 0.2) is 5.60 Å². The van der Waals surface area contributed by atoms with E-state index in [2.05, 4.69) is 0 Å². The topological polar surface area (TPSA) is 127 Å². The van der Waals surface area contributed by atoms with Gasteiger partial charge in [-0.3, -0.25) is 9.35 Å². The number of anilines is 1. The van der Waals surface area contributed by atoms with E-state index in [1.54, 1.807) is 0 Å². The molecule has 0 aliphatic carbocycles. The summed E-state index contributed by atoms with van der Waals surface area (Å²) in [5.41, 5.74) is -4.94. The van der Waals surface area contributed by atoms with Crippen LogP contribution in [0.2, 0.25) is 0 Å². The van der Waals surface area contributed by atoms with E-state index >= 15 is 0 Å². The second-order valence-electron chi connectivity index (χ2n) is 4.82. The summed E-state index contributed by atoms with van der Waals surface area (Å²) in [7, 11) is -4.70. The summed E-state index contributed by atoms with van der Waals surface area (Å²) < 4.78 is 68.4. The van der Waals surface area contributed by atoms with Gasteiger partial charge in [-0.1, -0.05) is 0 Å². The molecule has 1 atom stereocenters. The van der Waals surface area contributed by atoms with Crippen LogP contribution in [0.15, 0.2) is 18.2 Å². The van der Waals surface area contributed by atoms with Gasteiger partial charge in [0.25, 0.3) is 16.0 Å². The molecule has 0 spiro atoms. The molecule has 3 N–H and O–H groups in total. The predicted molar refractivity (Wildman–Crippen MR) is 71.8 cm³/mol. The predicted octanol–water partition coefficient (Wildman–Crippen LogP) is 1.15. The van der Waals surface area contributed by atoms with E-state index in [-0.39, 0.29) is 0 Å². The van der Waals surface area contributed by atoms with Crippen LogP contribution in [-0.4, -0.2) is 35.3 Å². The highest BCUT2D eigenvalue weighted by Gasteiger charge is 2.37. The van der Waals surface area contributed by atoms with Crippen LogP contribution in [0.4, 0.5) is 18.9 Å². The van der Waals surface area contributed by atoms with Gasteiger partial charge in [-0.2, -0.15) is 26.9 Å². The molecule has 0 saturated carbocycles. The Kier molecular flexibility index (Phi) is 5.05. The molecule has 23 heavy (non-hydrogen) atoms. The Bertz CT molecular complexity index is 766. The zero-order valence-electron chi connectivity index (χ0n) is 11.5. The Hall–Kier alpha value is -2.16. The third-order valence-electron chi connectivity index (χ3n) is 2.66. The van der Waals surface area contributed by atoms with Gasteiger partial charge in [-0.15, -0.1) is 0 Å². The van der Waals surface area contributed by atoms with Crippen molar-refractivity contribution in [2.45, 2.75) is 18.7 Å². The summed E-state index contributed by atoms with van der Waals surface area (Å²) >= 11 is 0. The average molecular weight is 352 g/mol. The molecule has 0 aromatic heterocycles. The van der Waals surface area contributed by atoms with Crippen LogP contribution in [0.25, 0.3) is 0 Å². The van der Waals surface area contributed by atoms with Crippen molar-refractivity contribution in [3.63, 3.8) is 0 Å². The number of alkyl halides is 3. The van der Waals surface area contributed by atoms with Crippen LogP contribution in [-0.2, 0) is 21.1 Å². The maximum atomic E-state index is 12.8. The number of hydrogen-bond acceptors (Lipinski definition) is 5. The molecule has 7 nitrogen and oxygen atoms in total. The van der Waals surface area contributed by atoms with Gasteiger partial charge in [0, 0.05) is 5.69 Å². The van der Waals surface area contributed by atoms with Crippen molar-refractivity contribution in [3.05, 3.63) is 29.3 Å². The smallest absolute Gasteiger partial charge is 0.379 e. The van der Waals surface area contributed by atoms with Crippen molar-refractivity contribution >= 4 is 21.7 Å². The highest BCUT2D eigenvalue weighted by Crippen LogP contribution is 2.33. The third kappa shape index (κ3) is 5.20. The SMILES string of the molecule is CC(O)(CS(=O)(=O)O)C(=O)Nc1ccc(C#N)c(C(F)(F)F)c1. The number of aliphatic hydroxyl groups is 1. The normalized spacial score (nSPS) is 14.7. The van der Waals surface area contributed by atoms with Crippen molar-refractivity contribution in [1.29, 1.82) is 5.26 Å². The fourth-order valence-electron chi connectivity index (χ4n) is 1.64. The maximum absolute atomic E-state index is 12.8. The van der Waals surface area contributed by atoms with Gasteiger partial charge >= 0.3 is 6.18 Å². The van der Waals surface area contributed by atoms with Crippen LogP contribution < -0.4 is 5.32 Å². The zero-order chi connectivity index (χ0) is 18.1. The maximum Gasteiger partial charge on any atom is 0.417 e. The standard InChI is InChI=1S/C12H11F3N2O5S/c1-11(19,6-23(20,21)22)10(18)17-8-3-2-7(5-16)9(4-8)12(13,14)15/h2-4,19H,6H2,1H3,(H,17,18)(H,20,21,22). The summed E-state index contributed by atoms with van der Waals surface area (Å²) in [5.74, 6) is -2.68. The molecule has 0 aliphatic rings. The molecule has 0 saturated heterocycles. The summed E-state index contributed by atoms with van der Waals surface area (Å²) in [6.07, 6.45) is -4.84. The number of rotatable bonds is 4. The van der Waals surface area contributed by atoms with Crippen LogP contribution in [0.3, 0.4) is 0 Å². The number of nitrogens with zero attached hydrogens (tertiary/aromatic N) is 1. The first kappa shape index (κ1) is 18.9. The molecule has 1 aromatic rings. The fourth-order valence-corrected chi connectivity index (χ4v) is 2.48. The molecule has 11 heteroatoms. The number of nitriles is 1. The molecule has 1 rings (SSSR count). The fraction of sp³-hybridized carbons (Fsp3) is 0.333. The molecule has 1 amide bonds. The van der Waals surface area contributed by atoms with Crippen molar-refractivity contribution in [2.75, 3.05) is 11.1 Å². The molecule has 1 unspecified atom stereocenters. The van der Waals surface area contributed by atoms with Gasteiger partial charge in [0.2, 0.25) is 0 Å². The number of hydrogen-bond donors (Lipinski definition) is 3. The molecule has 0 fully saturated rings. The first-order valence-electron chi connectivity index (χ1n) is 5.86. The average Bonchev–Trinajstić information content (AvgIpc) is 2.34. The minimum Gasteiger partial charge on any atom is -0.379 e. The number of halogens is 3. The van der Waals surface area contributed by atoms with Crippen molar-refractivity contribution in [2.24, 2.45) is 0 Å². The molecule has 1 aromatic carbocycles. The minimum atomic E-state index is -4.84. The number of carbonyl (C=O) groups is 1. The Morgan fingerprint density at radius 1 is 1.39 bits per heavy atom. The highest BCUT2D eigenvalue weighted by atomic mass is 32.2. The first-order valence-corrected chi connectivity index (χ1v) is 7.47. The van der Waals surface area contributed by atoms with Crippen LogP contribution in [0.1, 0.15) is 18.1 Å². The highest BCUT2D eigenvalue weighted by molar-refractivity contribution is 7.85. The molecule has 0 bridgehead atoms. The van der Waals surface area contributed by atoms with Crippen molar-refractivity contribution in [3.8, 4) is 6.07 Å². The van der Waals surface area contributed by atoms with E-state index in [0.717, 1.165) is 19.1 Å². The molecular formula is C12H11F3N2O5S. The number of carbonyl (C=O) groups excluding carboxylic acids is 1. The zero-order valence-corrected chi connectivity index (χ0v) is 12.4. The van der Waals surface area contributed by atoms with Gasteiger partial charge in [0.05, 0.1) is 17.2 Å². The number of amides is 1. The molecule has 126 valence electrons. The summed E-state index contributed by atoms with van der Waals surface area (Å²) in [4.78, 5) is 11.7. The first-order chi connectivity index (χ1) is 10.3. The lowest BCUT2D eigenvalue weighted by molar-refractivity contribution is -0.137. The molecule has 0 radical (unpaired) electrons. The van der Waals surface area contributed by atoms with E-state index in [1.165, 1.54) is 6.07 Å². The van der Waals surface area contributed by atoms with Crippen LogP contribution >= 0.6 is 0 Å². The van der Waals surface area contributed by atoms with Crippen LogP contribution in [0, 0.1) is 11.3 Å². The second-order valence-corrected chi connectivity index (χ2v) is 6.28. The Balaban J connectivity index is 3.11. The third-order valence-corrected chi connectivity index (χ3v) is 3.58. The van der Waals surface area contributed by atoms with Crippen molar-refractivity contribution in [1.82, 2.24) is 0 Å². The molecule has 0 heterocycles. The lowest BCUT2D eigenvalue weighted by atomic mass is 10.1. The Morgan fingerprint density at radius 2 is 1.96 bits per heavy atom. The van der Waals surface area contributed by atoms with E-state index < -0.39 is 50.4 Å². The molecule has 0 aliphatic heterocycles. The van der Waals surface area contributed by atoms with E-state index in [1.807, 2.05) is 5.32 Å².